The molecule has 1 fully saturated rings. The molecule has 0 amide bonds. The fraction of sp³-hybridized carbons (Fsp3) is 0.538. The average Bonchev–Trinajstić information content (AvgIpc) is 2.91. The third-order valence-corrected chi connectivity index (χ3v) is 3.65. The molecule has 0 heterocycles. The van der Waals surface area contributed by atoms with Gasteiger partial charge >= 0.3 is 0 Å². The van der Waals surface area contributed by atoms with Crippen LogP contribution in [0.4, 0.5) is 0 Å². The van der Waals surface area contributed by atoms with Crippen LogP contribution in [-0.2, 0) is 11.8 Å². The van der Waals surface area contributed by atoms with E-state index in [0.717, 1.165) is 12.8 Å². The number of aliphatic hydroxyl groups is 1. The molecule has 1 aliphatic rings. The summed E-state index contributed by atoms with van der Waals surface area (Å²) in [6, 6.07) is 8.84. The Morgan fingerprint density at radius 3 is 2.43 bits per heavy atom. The molecule has 0 bridgehead atoms. The third kappa shape index (κ3) is 1.46. The van der Waals surface area contributed by atoms with Gasteiger partial charge in [-0.3, -0.25) is 0 Å². The molecule has 0 saturated heterocycles. The number of hydrogen-bond acceptors (Lipinski definition) is 1. The topological polar surface area (TPSA) is 20.2 Å². The maximum atomic E-state index is 9.10. The second-order valence-electron chi connectivity index (χ2n) is 4.55. The minimum Gasteiger partial charge on any atom is -0.396 e. The van der Waals surface area contributed by atoms with Crippen molar-refractivity contribution in [1.29, 1.82) is 0 Å². The van der Waals surface area contributed by atoms with Crippen LogP contribution in [0.5, 0.6) is 0 Å². The van der Waals surface area contributed by atoms with Crippen LogP contribution in [-0.4, -0.2) is 11.7 Å². The second-order valence-corrected chi connectivity index (χ2v) is 4.55. The Labute approximate surface area is 85.8 Å². The predicted octanol–water partition coefficient (Wildman–Crippen LogP) is 2.52. The molecular weight excluding hydrogens is 172 g/mol. The molecule has 1 aromatic carbocycles. The molecule has 2 atom stereocenters. The van der Waals surface area contributed by atoms with E-state index in [1.807, 2.05) is 0 Å². The molecule has 1 heteroatoms. The summed E-state index contributed by atoms with van der Waals surface area (Å²) in [7, 11) is 0. The van der Waals surface area contributed by atoms with Gasteiger partial charge < -0.3 is 5.11 Å². The summed E-state index contributed by atoms with van der Waals surface area (Å²) >= 11 is 0. The van der Waals surface area contributed by atoms with Crippen molar-refractivity contribution < 1.29 is 5.11 Å². The normalized spacial score (nSPS) is 30.4. The van der Waals surface area contributed by atoms with Crippen molar-refractivity contribution >= 4 is 0 Å². The van der Waals surface area contributed by atoms with Gasteiger partial charge in [0.1, 0.15) is 0 Å². The van der Waals surface area contributed by atoms with E-state index < -0.39 is 0 Å². The van der Waals surface area contributed by atoms with Crippen molar-refractivity contribution in [1.82, 2.24) is 0 Å². The van der Waals surface area contributed by atoms with Gasteiger partial charge in [0.2, 0.25) is 0 Å². The van der Waals surface area contributed by atoms with E-state index >= 15 is 0 Å². The first-order chi connectivity index (χ1) is 6.70. The molecule has 0 radical (unpaired) electrons. The lowest BCUT2D eigenvalue weighted by Crippen LogP contribution is -2.06. The highest BCUT2D eigenvalue weighted by atomic mass is 16.3. The van der Waals surface area contributed by atoms with Crippen molar-refractivity contribution in [2.75, 3.05) is 6.61 Å². The first kappa shape index (κ1) is 9.72. The van der Waals surface area contributed by atoms with Gasteiger partial charge in [-0.05, 0) is 35.3 Å². The number of aryl methyl sites for hydroxylation is 1. The standard InChI is InChI=1S/C13H18O/c1-3-10-4-6-11(7-5-10)13(2)8-12(13)9-14/h4-7,12,14H,3,8-9H2,1-2H3. The zero-order valence-electron chi connectivity index (χ0n) is 8.96. The molecular formula is C13H18O. The molecule has 0 aromatic heterocycles. The SMILES string of the molecule is CCc1ccc(C2(C)CC2CO)cc1. The maximum absolute atomic E-state index is 9.10. The number of aliphatic hydroxyl groups excluding tert-OH is 1. The molecule has 76 valence electrons. The highest BCUT2D eigenvalue weighted by molar-refractivity contribution is 5.34. The molecule has 14 heavy (non-hydrogen) atoms. The van der Waals surface area contributed by atoms with E-state index in [2.05, 4.69) is 38.1 Å². The Morgan fingerprint density at radius 2 is 2.00 bits per heavy atom. The summed E-state index contributed by atoms with van der Waals surface area (Å²) in [6.07, 6.45) is 2.23. The van der Waals surface area contributed by atoms with Gasteiger partial charge in [0.05, 0.1) is 0 Å². The molecule has 0 aliphatic heterocycles. The summed E-state index contributed by atoms with van der Waals surface area (Å²) in [5.41, 5.74) is 3.02. The van der Waals surface area contributed by atoms with Crippen LogP contribution in [0.25, 0.3) is 0 Å². The number of rotatable bonds is 3. The minimum atomic E-state index is 0.251. The van der Waals surface area contributed by atoms with Gasteiger partial charge in [-0.15, -0.1) is 0 Å². The lowest BCUT2D eigenvalue weighted by molar-refractivity contribution is 0.265. The Balaban J connectivity index is 2.18. The summed E-state index contributed by atoms with van der Waals surface area (Å²) in [6.45, 7) is 4.74. The van der Waals surface area contributed by atoms with Gasteiger partial charge in [-0.2, -0.15) is 0 Å². The molecule has 1 nitrogen and oxygen atoms in total. The molecule has 1 saturated carbocycles. The van der Waals surface area contributed by atoms with Crippen LogP contribution < -0.4 is 0 Å². The lowest BCUT2D eigenvalue weighted by Gasteiger charge is -2.11. The third-order valence-electron chi connectivity index (χ3n) is 3.65. The van der Waals surface area contributed by atoms with Crippen LogP contribution in [0.2, 0.25) is 0 Å². The number of hydrogen-bond donors (Lipinski definition) is 1. The van der Waals surface area contributed by atoms with Crippen LogP contribution in [0.15, 0.2) is 24.3 Å². The zero-order chi connectivity index (χ0) is 10.2. The van der Waals surface area contributed by atoms with Crippen molar-refractivity contribution in [2.24, 2.45) is 5.92 Å². The number of benzene rings is 1. The molecule has 2 rings (SSSR count). The Bertz CT molecular complexity index is 315. The fourth-order valence-electron chi connectivity index (χ4n) is 2.19. The second kappa shape index (κ2) is 3.39. The first-order valence-corrected chi connectivity index (χ1v) is 5.41. The van der Waals surface area contributed by atoms with Crippen LogP contribution in [0.3, 0.4) is 0 Å². The van der Waals surface area contributed by atoms with Gasteiger partial charge in [0, 0.05) is 6.61 Å². The predicted molar refractivity (Wildman–Crippen MR) is 58.4 cm³/mol. The van der Waals surface area contributed by atoms with Crippen molar-refractivity contribution in [3.8, 4) is 0 Å². The zero-order valence-corrected chi connectivity index (χ0v) is 8.96. The smallest absolute Gasteiger partial charge is 0.0468 e. The van der Waals surface area contributed by atoms with Crippen LogP contribution in [0, 0.1) is 5.92 Å². The minimum absolute atomic E-state index is 0.251. The van der Waals surface area contributed by atoms with Crippen molar-refractivity contribution in [3.05, 3.63) is 35.4 Å². The Hall–Kier alpha value is -0.820. The molecule has 1 aromatic rings. The summed E-state index contributed by atoms with van der Waals surface area (Å²) < 4.78 is 0. The molecule has 2 unspecified atom stereocenters. The van der Waals surface area contributed by atoms with Gasteiger partial charge in [-0.25, -0.2) is 0 Å². The Morgan fingerprint density at radius 1 is 1.36 bits per heavy atom. The van der Waals surface area contributed by atoms with Crippen molar-refractivity contribution in [2.45, 2.75) is 32.1 Å². The molecule has 1 aliphatic carbocycles. The van der Waals surface area contributed by atoms with Gasteiger partial charge in [0.25, 0.3) is 0 Å². The summed E-state index contributed by atoms with van der Waals surface area (Å²) in [5.74, 6) is 0.481. The quantitative estimate of drug-likeness (QED) is 0.776. The van der Waals surface area contributed by atoms with Crippen molar-refractivity contribution in [3.63, 3.8) is 0 Å². The van der Waals surface area contributed by atoms with E-state index in [1.165, 1.54) is 11.1 Å². The highest BCUT2D eigenvalue weighted by Gasteiger charge is 2.50. The Kier molecular flexibility index (Phi) is 2.36. The van der Waals surface area contributed by atoms with Gasteiger partial charge in [-0.1, -0.05) is 38.1 Å². The van der Waals surface area contributed by atoms with E-state index in [4.69, 9.17) is 5.11 Å². The molecule has 1 N–H and O–H groups in total. The lowest BCUT2D eigenvalue weighted by atomic mass is 9.94. The highest BCUT2D eigenvalue weighted by Crippen LogP contribution is 2.53. The van der Waals surface area contributed by atoms with Crippen LogP contribution >= 0.6 is 0 Å². The first-order valence-electron chi connectivity index (χ1n) is 5.41. The fourth-order valence-corrected chi connectivity index (χ4v) is 2.19. The van der Waals surface area contributed by atoms with E-state index in [1.54, 1.807) is 0 Å². The van der Waals surface area contributed by atoms with E-state index in [9.17, 15) is 0 Å². The summed E-state index contributed by atoms with van der Waals surface area (Å²) in [5, 5.41) is 9.10. The largest absolute Gasteiger partial charge is 0.396 e. The van der Waals surface area contributed by atoms with Crippen LogP contribution in [0.1, 0.15) is 31.4 Å². The summed E-state index contributed by atoms with van der Waals surface area (Å²) in [4.78, 5) is 0. The van der Waals surface area contributed by atoms with Gasteiger partial charge in [0.15, 0.2) is 0 Å². The van der Waals surface area contributed by atoms with E-state index in [0.29, 0.717) is 12.5 Å². The average molecular weight is 190 g/mol. The molecule has 0 spiro atoms. The van der Waals surface area contributed by atoms with E-state index in [-0.39, 0.29) is 5.41 Å². The maximum Gasteiger partial charge on any atom is 0.0468 e. The monoisotopic (exact) mass is 190 g/mol.